The lowest BCUT2D eigenvalue weighted by molar-refractivity contribution is -0.435. The Kier molecular flexibility index (Phi) is 7.71. The quantitative estimate of drug-likeness (QED) is 0.195. The summed E-state index contributed by atoms with van der Waals surface area (Å²) in [5.41, 5.74) is 0.963. The molecule has 2 rings (SSSR count). The van der Waals surface area contributed by atoms with Crippen LogP contribution in [0.1, 0.15) is 19.4 Å². The molecule has 0 aliphatic carbocycles. The molecule has 1 aromatic heterocycles. The molecule has 12 heteroatoms. The number of nitrogens with zero attached hydrogens (tertiary/aromatic N) is 4. The van der Waals surface area contributed by atoms with E-state index in [9.17, 15) is 19.7 Å². The van der Waals surface area contributed by atoms with Gasteiger partial charge in [-0.25, -0.2) is 9.88 Å². The number of allylic oxidation sites excluding steroid dienone is 1. The molecule has 0 spiro atoms. The summed E-state index contributed by atoms with van der Waals surface area (Å²) in [6, 6.07) is 3.32. The Hall–Kier alpha value is -2.76. The van der Waals surface area contributed by atoms with Crippen molar-refractivity contribution in [1.29, 1.82) is 0 Å². The van der Waals surface area contributed by atoms with Gasteiger partial charge in [-0.2, -0.15) is 0 Å². The number of likely N-dealkylation sites (N-methyl/N-ethyl adjacent to an activating group) is 1. The first-order valence-electron chi connectivity index (χ1n) is 9.20. The van der Waals surface area contributed by atoms with Crippen molar-refractivity contribution in [3.63, 3.8) is 0 Å². The minimum Gasteiger partial charge on any atom is -0.468 e. The number of aromatic nitrogens is 1. The lowest BCUT2D eigenvalue weighted by Crippen LogP contribution is -2.78. The zero-order chi connectivity index (χ0) is 22.5. The Labute approximate surface area is 179 Å². The van der Waals surface area contributed by atoms with E-state index < -0.39 is 16.8 Å². The third-order valence-corrected chi connectivity index (χ3v) is 4.95. The number of ether oxygens (including phenoxy) is 1. The van der Waals surface area contributed by atoms with Gasteiger partial charge >= 0.3 is 5.97 Å². The average Bonchev–Trinajstić information content (AvgIpc) is 2.68. The molecule has 1 atom stereocenters. The van der Waals surface area contributed by atoms with Gasteiger partial charge in [0.15, 0.2) is 0 Å². The number of esters is 1. The number of rotatable bonds is 8. The topological polar surface area (TPSA) is 130 Å². The van der Waals surface area contributed by atoms with Crippen LogP contribution in [0.15, 0.2) is 29.7 Å². The second-order valence-corrected chi connectivity index (χ2v) is 7.08. The second kappa shape index (κ2) is 9.83. The van der Waals surface area contributed by atoms with Crippen molar-refractivity contribution in [3.8, 4) is 0 Å². The molecule has 0 aromatic carbocycles. The molecule has 0 bridgehead atoms. The van der Waals surface area contributed by atoms with E-state index in [-0.39, 0.29) is 31.1 Å². The van der Waals surface area contributed by atoms with Crippen LogP contribution in [0.3, 0.4) is 0 Å². The maximum absolute atomic E-state index is 12.1. The predicted molar refractivity (Wildman–Crippen MR) is 109 cm³/mol. The largest absolute Gasteiger partial charge is 0.468 e. The summed E-state index contributed by atoms with van der Waals surface area (Å²) >= 11 is 5.84. The van der Waals surface area contributed by atoms with Crippen molar-refractivity contribution in [2.75, 3.05) is 33.8 Å². The number of nitrogens with one attached hydrogen (secondary N) is 2. The van der Waals surface area contributed by atoms with Gasteiger partial charge < -0.3 is 15.0 Å². The average molecular weight is 441 g/mol. The molecule has 164 valence electrons. The van der Waals surface area contributed by atoms with E-state index in [4.69, 9.17) is 16.3 Å². The molecule has 11 nitrogen and oxygen atoms in total. The molecule has 30 heavy (non-hydrogen) atoms. The number of hydrogen-bond donors (Lipinski definition) is 2. The van der Waals surface area contributed by atoms with Crippen LogP contribution < -0.4 is 10.6 Å². The summed E-state index contributed by atoms with van der Waals surface area (Å²) in [5.74, 6) is -2.34. The molecule has 1 aromatic rings. The van der Waals surface area contributed by atoms with Gasteiger partial charge in [-0.15, -0.1) is 0 Å². The van der Waals surface area contributed by atoms with E-state index >= 15 is 0 Å². The third-order valence-electron chi connectivity index (χ3n) is 4.72. The van der Waals surface area contributed by atoms with E-state index in [0.29, 0.717) is 23.0 Å². The van der Waals surface area contributed by atoms with E-state index in [2.05, 4.69) is 15.6 Å². The molecule has 1 aliphatic rings. The lowest BCUT2D eigenvalue weighted by atomic mass is 10.1. The van der Waals surface area contributed by atoms with Crippen LogP contribution in [-0.4, -0.2) is 71.3 Å². The van der Waals surface area contributed by atoms with Gasteiger partial charge in [0, 0.05) is 26.6 Å². The summed E-state index contributed by atoms with van der Waals surface area (Å²) in [4.78, 5) is 42.5. The van der Waals surface area contributed by atoms with Crippen LogP contribution in [0.25, 0.3) is 0 Å². The normalized spacial score (nSPS) is 19.6. The van der Waals surface area contributed by atoms with Crippen molar-refractivity contribution in [2.24, 2.45) is 0 Å². The first kappa shape index (κ1) is 23.5. The van der Waals surface area contributed by atoms with E-state index in [0.717, 1.165) is 0 Å². The minimum atomic E-state index is -1.37. The first-order valence-corrected chi connectivity index (χ1v) is 9.58. The highest BCUT2D eigenvalue weighted by Gasteiger charge is 2.50. The summed E-state index contributed by atoms with van der Waals surface area (Å²) in [5, 5.41) is 18.2. The molecule has 0 saturated carbocycles. The maximum Gasteiger partial charge on any atom is 0.320 e. The zero-order valence-corrected chi connectivity index (χ0v) is 18.0. The van der Waals surface area contributed by atoms with Crippen LogP contribution in [0, 0.1) is 10.1 Å². The molecule has 1 aliphatic heterocycles. The number of hydrogen-bond acceptors (Lipinski definition) is 9. The Morgan fingerprint density at radius 1 is 1.43 bits per heavy atom. The number of methoxy groups -OCH3 is 1. The Morgan fingerprint density at radius 3 is 2.63 bits per heavy atom. The van der Waals surface area contributed by atoms with Gasteiger partial charge in [0.1, 0.15) is 11.7 Å². The summed E-state index contributed by atoms with van der Waals surface area (Å²) in [6.45, 7) is 3.09. The Morgan fingerprint density at radius 2 is 2.13 bits per heavy atom. The van der Waals surface area contributed by atoms with Crippen molar-refractivity contribution >= 4 is 23.5 Å². The molecule has 2 heterocycles. The molecule has 0 fully saturated rings. The molecule has 1 amide bonds. The minimum absolute atomic E-state index is 0.102. The van der Waals surface area contributed by atoms with Crippen molar-refractivity contribution in [3.05, 3.63) is 50.6 Å². The monoisotopic (exact) mass is 440 g/mol. The number of carbonyl (C=O) groups excluding carboxylic acids is 2. The lowest BCUT2D eigenvalue weighted by Gasteiger charge is -2.52. The highest BCUT2D eigenvalue weighted by atomic mass is 35.5. The fourth-order valence-corrected chi connectivity index (χ4v) is 3.51. The Bertz CT molecular complexity index is 846. The SMILES string of the molecule is CCNC1(NC(C)=O)N(CC(=O)OC)CC([N+](=O)[O-])=C(Cc2ccc(Cl)nc2)N1C. The summed E-state index contributed by atoms with van der Waals surface area (Å²) in [7, 11) is 2.84. The molecule has 2 N–H and O–H groups in total. The highest BCUT2D eigenvalue weighted by Crippen LogP contribution is 2.30. The predicted octanol–water partition coefficient (Wildman–Crippen LogP) is 0.543. The molecular weight excluding hydrogens is 416 g/mol. The van der Waals surface area contributed by atoms with Crippen molar-refractivity contribution in [2.45, 2.75) is 26.2 Å². The molecule has 1 unspecified atom stereocenters. The third kappa shape index (κ3) is 5.04. The standard InChI is InChI=1S/C18H25ClN6O5/c1-5-21-18(22-12(2)26)23(3)14(8-13-6-7-16(19)20-9-13)15(25(28)29)10-24(18)11-17(27)30-4/h6-7,9,21H,5,8,10-11H2,1-4H3,(H,22,26). The molecule has 0 saturated heterocycles. The van der Waals surface area contributed by atoms with Gasteiger partial charge in [0.25, 0.3) is 5.70 Å². The van der Waals surface area contributed by atoms with E-state index in [1.54, 1.807) is 24.1 Å². The number of carbonyl (C=O) groups is 2. The van der Waals surface area contributed by atoms with Gasteiger partial charge in [-0.05, 0) is 18.2 Å². The molecular formula is C18H25ClN6O5. The van der Waals surface area contributed by atoms with Crippen LogP contribution >= 0.6 is 11.6 Å². The van der Waals surface area contributed by atoms with Crippen LogP contribution in [0.5, 0.6) is 0 Å². The van der Waals surface area contributed by atoms with Gasteiger partial charge in [-0.1, -0.05) is 24.6 Å². The molecule has 0 radical (unpaired) electrons. The number of nitro groups is 1. The maximum atomic E-state index is 12.1. The van der Waals surface area contributed by atoms with Crippen LogP contribution in [0.2, 0.25) is 5.15 Å². The van der Waals surface area contributed by atoms with Gasteiger partial charge in [0.2, 0.25) is 11.8 Å². The van der Waals surface area contributed by atoms with E-state index in [1.165, 1.54) is 25.1 Å². The fraction of sp³-hybridized carbons (Fsp3) is 0.500. The zero-order valence-electron chi connectivity index (χ0n) is 17.3. The summed E-state index contributed by atoms with van der Waals surface area (Å²) in [6.07, 6.45) is 1.71. The summed E-state index contributed by atoms with van der Waals surface area (Å²) < 4.78 is 4.75. The number of amides is 1. The van der Waals surface area contributed by atoms with E-state index in [1.807, 2.05) is 6.92 Å². The second-order valence-electron chi connectivity index (χ2n) is 6.69. The van der Waals surface area contributed by atoms with Crippen molar-refractivity contribution < 1.29 is 19.2 Å². The number of pyridine rings is 1. The van der Waals surface area contributed by atoms with Crippen LogP contribution in [0.4, 0.5) is 0 Å². The van der Waals surface area contributed by atoms with Crippen molar-refractivity contribution in [1.82, 2.24) is 25.4 Å². The number of halogens is 1. The van der Waals surface area contributed by atoms with Gasteiger partial charge in [0.05, 0.1) is 24.3 Å². The van der Waals surface area contributed by atoms with Gasteiger partial charge in [-0.3, -0.25) is 25.0 Å². The first-order chi connectivity index (χ1) is 14.1. The Balaban J connectivity index is 2.60. The highest BCUT2D eigenvalue weighted by molar-refractivity contribution is 6.29. The fourth-order valence-electron chi connectivity index (χ4n) is 3.40. The smallest absolute Gasteiger partial charge is 0.320 e. The van der Waals surface area contributed by atoms with Crippen LogP contribution in [-0.2, 0) is 20.7 Å².